The van der Waals surface area contributed by atoms with Gasteiger partial charge in [0.2, 0.25) is 5.95 Å². The molecule has 112 valence electrons. The van der Waals surface area contributed by atoms with Crippen LogP contribution < -0.4 is 11.1 Å². The average molecular weight is 290 g/mol. The van der Waals surface area contributed by atoms with Gasteiger partial charge in [-0.1, -0.05) is 0 Å². The van der Waals surface area contributed by atoms with E-state index in [0.717, 1.165) is 17.0 Å². The van der Waals surface area contributed by atoms with Crippen LogP contribution in [0.5, 0.6) is 0 Å². The maximum absolute atomic E-state index is 10.8. The van der Waals surface area contributed by atoms with Crippen molar-refractivity contribution in [1.29, 1.82) is 0 Å². The lowest BCUT2D eigenvalue weighted by atomic mass is 10.1. The van der Waals surface area contributed by atoms with Gasteiger partial charge in [-0.15, -0.1) is 0 Å². The number of aromatic nitrogens is 4. The van der Waals surface area contributed by atoms with Gasteiger partial charge in [-0.05, 0) is 20.3 Å². The molecular formula is C13H18N6O2. The summed E-state index contributed by atoms with van der Waals surface area (Å²) in [5, 5.41) is 12.0. The summed E-state index contributed by atoms with van der Waals surface area (Å²) in [5.41, 5.74) is 8.95. The molecule has 0 atom stereocenters. The third-order valence-electron chi connectivity index (χ3n) is 3.18. The second-order valence-electron chi connectivity index (χ2n) is 4.72. The van der Waals surface area contributed by atoms with Crippen LogP contribution in [-0.4, -0.2) is 31.0 Å². The molecule has 8 heteroatoms. The molecule has 0 spiro atoms. The fraction of sp³-hybridized carbons (Fsp3) is 0.385. The van der Waals surface area contributed by atoms with E-state index in [1.807, 2.05) is 6.92 Å². The minimum absolute atomic E-state index is 0.0181. The fourth-order valence-corrected chi connectivity index (χ4v) is 2.03. The Morgan fingerprint density at radius 3 is 2.81 bits per heavy atom. The number of hydrogen-bond acceptors (Lipinski definition) is 6. The van der Waals surface area contributed by atoms with Crippen LogP contribution in [0.1, 0.15) is 29.1 Å². The molecule has 0 radical (unpaired) electrons. The standard InChI is InChI=1S/C13H18N6O2/c1-7-9(3-4-11(20)21)12(19-13(14)18-7)15-5-10-8(2)16-6-17-10/h6H,3-5H2,1-2H3,(H,16,17)(H,20,21)(H3,14,15,18,19). The van der Waals surface area contributed by atoms with E-state index in [2.05, 4.69) is 25.3 Å². The molecule has 0 amide bonds. The molecule has 0 unspecified atom stereocenters. The van der Waals surface area contributed by atoms with Crippen LogP contribution in [0.15, 0.2) is 6.33 Å². The predicted octanol–water partition coefficient (Wildman–Crippen LogP) is 1.03. The number of nitrogen functional groups attached to an aromatic ring is 1. The van der Waals surface area contributed by atoms with E-state index in [0.29, 0.717) is 24.5 Å². The first-order valence-electron chi connectivity index (χ1n) is 6.55. The largest absolute Gasteiger partial charge is 0.481 e. The molecule has 0 fully saturated rings. The molecule has 2 aromatic rings. The van der Waals surface area contributed by atoms with Crippen molar-refractivity contribution in [3.63, 3.8) is 0 Å². The van der Waals surface area contributed by atoms with Gasteiger partial charge in [0.1, 0.15) is 5.82 Å². The number of nitrogens with zero attached hydrogens (tertiary/aromatic N) is 3. The minimum Gasteiger partial charge on any atom is -0.481 e. The van der Waals surface area contributed by atoms with Gasteiger partial charge in [-0.25, -0.2) is 9.97 Å². The van der Waals surface area contributed by atoms with Crippen molar-refractivity contribution in [3.8, 4) is 0 Å². The van der Waals surface area contributed by atoms with Crippen LogP contribution in [-0.2, 0) is 17.8 Å². The van der Waals surface area contributed by atoms with E-state index < -0.39 is 5.97 Å². The number of carboxylic acids is 1. The highest BCUT2D eigenvalue weighted by molar-refractivity contribution is 5.67. The van der Waals surface area contributed by atoms with Crippen LogP contribution in [0.3, 0.4) is 0 Å². The average Bonchev–Trinajstić information content (AvgIpc) is 2.80. The van der Waals surface area contributed by atoms with Crippen molar-refractivity contribution in [1.82, 2.24) is 19.9 Å². The number of hydrogen-bond donors (Lipinski definition) is 4. The molecule has 2 aromatic heterocycles. The maximum atomic E-state index is 10.8. The molecule has 8 nitrogen and oxygen atoms in total. The normalized spacial score (nSPS) is 10.6. The monoisotopic (exact) mass is 290 g/mol. The van der Waals surface area contributed by atoms with Gasteiger partial charge < -0.3 is 21.1 Å². The topological polar surface area (TPSA) is 130 Å². The van der Waals surface area contributed by atoms with Gasteiger partial charge in [-0.2, -0.15) is 4.98 Å². The van der Waals surface area contributed by atoms with E-state index >= 15 is 0 Å². The van der Waals surface area contributed by atoms with Gasteiger partial charge in [0.15, 0.2) is 0 Å². The highest BCUT2D eigenvalue weighted by atomic mass is 16.4. The molecule has 0 aliphatic carbocycles. The van der Waals surface area contributed by atoms with Crippen molar-refractivity contribution in [2.24, 2.45) is 0 Å². The Bertz CT molecular complexity index is 652. The summed E-state index contributed by atoms with van der Waals surface area (Å²) in [5.74, 6) is -0.142. The molecule has 0 aromatic carbocycles. The van der Waals surface area contributed by atoms with Crippen molar-refractivity contribution in [2.75, 3.05) is 11.1 Å². The fourth-order valence-electron chi connectivity index (χ4n) is 2.03. The Kier molecular flexibility index (Phi) is 4.36. The second-order valence-corrected chi connectivity index (χ2v) is 4.72. The lowest BCUT2D eigenvalue weighted by Crippen LogP contribution is -2.12. The van der Waals surface area contributed by atoms with Crippen molar-refractivity contribution in [3.05, 3.63) is 29.0 Å². The van der Waals surface area contributed by atoms with Crippen LogP contribution in [0.4, 0.5) is 11.8 Å². The third-order valence-corrected chi connectivity index (χ3v) is 3.18. The number of carbonyl (C=O) groups is 1. The first kappa shape index (κ1) is 14.8. The zero-order valence-electron chi connectivity index (χ0n) is 12.0. The molecular weight excluding hydrogens is 272 g/mol. The Morgan fingerprint density at radius 1 is 1.43 bits per heavy atom. The number of aryl methyl sites for hydroxylation is 2. The zero-order valence-corrected chi connectivity index (χ0v) is 12.0. The molecule has 5 N–H and O–H groups in total. The molecule has 2 heterocycles. The van der Waals surface area contributed by atoms with Crippen LogP contribution in [0, 0.1) is 13.8 Å². The summed E-state index contributed by atoms with van der Waals surface area (Å²) in [4.78, 5) is 26.2. The number of imidazole rings is 1. The predicted molar refractivity (Wildman–Crippen MR) is 77.8 cm³/mol. The van der Waals surface area contributed by atoms with Crippen molar-refractivity contribution >= 4 is 17.7 Å². The molecule has 0 bridgehead atoms. The van der Waals surface area contributed by atoms with Gasteiger partial charge in [0.25, 0.3) is 0 Å². The first-order valence-corrected chi connectivity index (χ1v) is 6.55. The highest BCUT2D eigenvalue weighted by Crippen LogP contribution is 2.20. The van der Waals surface area contributed by atoms with Crippen LogP contribution in [0.2, 0.25) is 0 Å². The Hall–Kier alpha value is -2.64. The van der Waals surface area contributed by atoms with Gasteiger partial charge in [0.05, 0.1) is 18.6 Å². The number of H-pyrrole nitrogens is 1. The van der Waals surface area contributed by atoms with Crippen molar-refractivity contribution < 1.29 is 9.90 Å². The molecule has 0 aliphatic heterocycles. The second kappa shape index (κ2) is 6.21. The first-order chi connectivity index (χ1) is 9.97. The number of nitrogens with one attached hydrogen (secondary N) is 2. The lowest BCUT2D eigenvalue weighted by Gasteiger charge is -2.13. The quantitative estimate of drug-likeness (QED) is 0.625. The molecule has 21 heavy (non-hydrogen) atoms. The zero-order chi connectivity index (χ0) is 15.4. The third kappa shape index (κ3) is 3.68. The lowest BCUT2D eigenvalue weighted by molar-refractivity contribution is -0.136. The van der Waals surface area contributed by atoms with E-state index in [1.54, 1.807) is 13.3 Å². The highest BCUT2D eigenvalue weighted by Gasteiger charge is 2.13. The Labute approximate surface area is 121 Å². The van der Waals surface area contributed by atoms with E-state index in [1.165, 1.54) is 0 Å². The number of aromatic amines is 1. The van der Waals surface area contributed by atoms with Crippen molar-refractivity contribution in [2.45, 2.75) is 33.2 Å². The van der Waals surface area contributed by atoms with Gasteiger partial charge >= 0.3 is 5.97 Å². The molecule has 2 rings (SSSR count). The summed E-state index contributed by atoms with van der Waals surface area (Å²) in [6.45, 7) is 4.19. The molecule has 0 aliphatic rings. The number of rotatable bonds is 6. The summed E-state index contributed by atoms with van der Waals surface area (Å²) >= 11 is 0. The van der Waals surface area contributed by atoms with Crippen LogP contribution >= 0.6 is 0 Å². The molecule has 0 saturated carbocycles. The van der Waals surface area contributed by atoms with E-state index in [-0.39, 0.29) is 12.4 Å². The summed E-state index contributed by atoms with van der Waals surface area (Å²) in [6, 6.07) is 0. The summed E-state index contributed by atoms with van der Waals surface area (Å²) in [6.07, 6.45) is 1.99. The van der Waals surface area contributed by atoms with Gasteiger partial charge in [-0.3, -0.25) is 4.79 Å². The van der Waals surface area contributed by atoms with E-state index in [4.69, 9.17) is 10.8 Å². The SMILES string of the molecule is Cc1nc(N)nc(NCc2nc[nH]c2C)c1CCC(=O)O. The maximum Gasteiger partial charge on any atom is 0.303 e. The van der Waals surface area contributed by atoms with Gasteiger partial charge in [0, 0.05) is 23.4 Å². The number of aliphatic carboxylic acids is 1. The number of nitrogens with two attached hydrogens (primary N) is 1. The number of anilines is 2. The number of carboxylic acid groups (broad SMARTS) is 1. The Morgan fingerprint density at radius 2 is 2.19 bits per heavy atom. The summed E-state index contributed by atoms with van der Waals surface area (Å²) in [7, 11) is 0. The van der Waals surface area contributed by atoms with E-state index in [9.17, 15) is 4.79 Å². The smallest absolute Gasteiger partial charge is 0.303 e. The minimum atomic E-state index is -0.861. The molecule has 0 saturated heterocycles. The van der Waals surface area contributed by atoms with Crippen LogP contribution in [0.25, 0.3) is 0 Å². The Balaban J connectivity index is 2.20. The summed E-state index contributed by atoms with van der Waals surface area (Å²) < 4.78 is 0.